The molecule has 0 fully saturated rings. The summed E-state index contributed by atoms with van der Waals surface area (Å²) in [5.41, 5.74) is 1.14. The SMILES string of the molecule is C[N+](=O)c1cccc(CC(=O)Cc2ccc(F)cc2C(=O)O)c1. The highest BCUT2D eigenvalue weighted by Crippen LogP contribution is 2.16. The average molecular weight is 316 g/mol. The number of Topliss-reactive ketones (excluding diaryl/α,β-unsaturated/α-hetero) is 1. The fraction of sp³-hybridized carbons (Fsp3) is 0.176. The molecule has 0 aliphatic heterocycles. The van der Waals surface area contributed by atoms with Crippen LogP contribution in [0.5, 0.6) is 0 Å². The van der Waals surface area contributed by atoms with Crippen molar-refractivity contribution in [1.29, 1.82) is 0 Å². The highest BCUT2D eigenvalue weighted by atomic mass is 19.1. The quantitative estimate of drug-likeness (QED) is 0.832. The number of carbonyl (C=O) groups is 2. The van der Waals surface area contributed by atoms with E-state index in [0.717, 1.165) is 12.1 Å². The Bertz CT molecular complexity index is 786. The van der Waals surface area contributed by atoms with E-state index in [2.05, 4.69) is 0 Å². The molecule has 0 spiro atoms. The summed E-state index contributed by atoms with van der Waals surface area (Å²) in [6, 6.07) is 9.95. The third kappa shape index (κ3) is 4.29. The standard InChI is InChI=1S/C17H14FNO4/c1-19(23)14-4-2-3-11(7-14)8-15(20)9-12-5-6-13(18)10-16(12)17(21)22/h2-7,10H,8-9H2,1H3/p+1. The minimum Gasteiger partial charge on any atom is -0.478 e. The van der Waals surface area contributed by atoms with Crippen molar-refractivity contribution in [3.8, 4) is 0 Å². The molecule has 0 saturated carbocycles. The van der Waals surface area contributed by atoms with E-state index in [1.165, 1.54) is 13.1 Å². The van der Waals surface area contributed by atoms with Gasteiger partial charge < -0.3 is 5.11 Å². The summed E-state index contributed by atoms with van der Waals surface area (Å²) in [7, 11) is 1.36. The van der Waals surface area contributed by atoms with Gasteiger partial charge in [-0.25, -0.2) is 9.18 Å². The maximum atomic E-state index is 13.1. The van der Waals surface area contributed by atoms with Crippen LogP contribution in [0, 0.1) is 10.7 Å². The normalized spacial score (nSPS) is 10.3. The predicted molar refractivity (Wildman–Crippen MR) is 81.4 cm³/mol. The lowest BCUT2D eigenvalue weighted by molar-refractivity contribution is -0.428. The van der Waals surface area contributed by atoms with E-state index < -0.39 is 11.8 Å². The number of rotatable bonds is 6. The van der Waals surface area contributed by atoms with Crippen LogP contribution in [0.2, 0.25) is 0 Å². The van der Waals surface area contributed by atoms with Gasteiger partial charge >= 0.3 is 5.97 Å². The summed E-state index contributed by atoms with van der Waals surface area (Å²) in [4.78, 5) is 34.5. The Balaban J connectivity index is 2.16. The molecule has 5 nitrogen and oxygen atoms in total. The van der Waals surface area contributed by atoms with Gasteiger partial charge in [0.15, 0.2) is 7.05 Å². The number of benzene rings is 2. The summed E-state index contributed by atoms with van der Waals surface area (Å²) in [5.74, 6) is -2.16. The van der Waals surface area contributed by atoms with Crippen LogP contribution in [0.1, 0.15) is 21.5 Å². The summed E-state index contributed by atoms with van der Waals surface area (Å²) in [5, 5.41) is 9.07. The Morgan fingerprint density at radius 1 is 1.13 bits per heavy atom. The molecule has 2 aromatic carbocycles. The van der Waals surface area contributed by atoms with Gasteiger partial charge in [-0.2, -0.15) is 0 Å². The maximum Gasteiger partial charge on any atom is 0.336 e. The van der Waals surface area contributed by atoms with Crippen LogP contribution in [0.25, 0.3) is 0 Å². The Kier molecular flexibility index (Phi) is 4.95. The van der Waals surface area contributed by atoms with Gasteiger partial charge in [0.1, 0.15) is 11.6 Å². The zero-order valence-corrected chi connectivity index (χ0v) is 12.5. The molecule has 0 bridgehead atoms. The number of nitrogens with zero attached hydrogens (tertiary/aromatic N) is 1. The van der Waals surface area contributed by atoms with Crippen LogP contribution in [0.4, 0.5) is 10.1 Å². The first kappa shape index (κ1) is 16.5. The van der Waals surface area contributed by atoms with E-state index in [4.69, 9.17) is 5.11 Å². The number of carboxylic acid groups (broad SMARTS) is 1. The van der Waals surface area contributed by atoms with Gasteiger partial charge in [0.05, 0.1) is 5.56 Å². The molecule has 0 aliphatic rings. The lowest BCUT2D eigenvalue weighted by Crippen LogP contribution is -2.11. The second-order valence-corrected chi connectivity index (χ2v) is 5.17. The van der Waals surface area contributed by atoms with Gasteiger partial charge in [0, 0.05) is 34.6 Å². The van der Waals surface area contributed by atoms with Crippen LogP contribution in [-0.2, 0) is 17.6 Å². The fourth-order valence-electron chi connectivity index (χ4n) is 2.27. The lowest BCUT2D eigenvalue weighted by Gasteiger charge is -2.06. The molecule has 23 heavy (non-hydrogen) atoms. The van der Waals surface area contributed by atoms with Crippen LogP contribution in [0.15, 0.2) is 42.5 Å². The lowest BCUT2D eigenvalue weighted by atomic mass is 9.98. The van der Waals surface area contributed by atoms with Gasteiger partial charge in [-0.05, 0) is 23.3 Å². The Labute approximate surface area is 132 Å². The van der Waals surface area contributed by atoms with Crippen molar-refractivity contribution in [2.24, 2.45) is 0 Å². The second kappa shape index (κ2) is 6.91. The van der Waals surface area contributed by atoms with E-state index in [1.807, 2.05) is 0 Å². The molecule has 118 valence electrons. The smallest absolute Gasteiger partial charge is 0.336 e. The molecule has 2 rings (SSSR count). The molecule has 6 heteroatoms. The first-order valence-corrected chi connectivity index (χ1v) is 6.90. The van der Waals surface area contributed by atoms with Crippen molar-refractivity contribution in [1.82, 2.24) is 0 Å². The zero-order valence-electron chi connectivity index (χ0n) is 12.5. The summed E-state index contributed by atoms with van der Waals surface area (Å²) in [6.45, 7) is 0. The minimum atomic E-state index is -1.28. The molecule has 0 heterocycles. The number of carbonyl (C=O) groups excluding carboxylic acids is 1. The highest BCUT2D eigenvalue weighted by molar-refractivity contribution is 5.92. The van der Waals surface area contributed by atoms with E-state index in [1.54, 1.807) is 24.3 Å². The van der Waals surface area contributed by atoms with Crippen LogP contribution in [-0.4, -0.2) is 28.7 Å². The van der Waals surface area contributed by atoms with Gasteiger partial charge in [-0.15, -0.1) is 0 Å². The van der Waals surface area contributed by atoms with Crippen molar-refractivity contribution < 1.29 is 23.8 Å². The molecular weight excluding hydrogens is 301 g/mol. The monoisotopic (exact) mass is 316 g/mol. The molecule has 0 atom stereocenters. The molecule has 0 saturated heterocycles. The molecule has 0 radical (unpaired) electrons. The van der Waals surface area contributed by atoms with E-state index in [0.29, 0.717) is 16.0 Å². The van der Waals surface area contributed by atoms with Crippen LogP contribution in [0.3, 0.4) is 0 Å². The van der Waals surface area contributed by atoms with E-state index in [9.17, 15) is 18.9 Å². The Morgan fingerprint density at radius 2 is 1.87 bits per heavy atom. The van der Waals surface area contributed by atoms with Crippen molar-refractivity contribution in [2.45, 2.75) is 12.8 Å². The van der Waals surface area contributed by atoms with Crippen LogP contribution >= 0.6 is 0 Å². The number of nitroso groups, excluding NO2 is 1. The largest absolute Gasteiger partial charge is 0.478 e. The second-order valence-electron chi connectivity index (χ2n) is 5.17. The first-order chi connectivity index (χ1) is 10.9. The maximum absolute atomic E-state index is 13.1. The van der Waals surface area contributed by atoms with Gasteiger partial charge in [-0.3, -0.25) is 4.79 Å². The van der Waals surface area contributed by atoms with E-state index >= 15 is 0 Å². The molecule has 1 N–H and O–H groups in total. The minimum absolute atomic E-state index is 0.0676. The highest BCUT2D eigenvalue weighted by Gasteiger charge is 2.15. The summed E-state index contributed by atoms with van der Waals surface area (Å²) >= 11 is 0. The number of carboxylic acids is 1. The average Bonchev–Trinajstić information content (AvgIpc) is 2.49. The topological polar surface area (TPSA) is 74.5 Å². The van der Waals surface area contributed by atoms with Crippen molar-refractivity contribution in [3.05, 3.63) is 69.9 Å². The van der Waals surface area contributed by atoms with Gasteiger partial charge in [0.25, 0.3) is 5.69 Å². The number of halogens is 1. The van der Waals surface area contributed by atoms with Gasteiger partial charge in [0.2, 0.25) is 0 Å². The molecule has 0 unspecified atom stereocenters. The summed E-state index contributed by atoms with van der Waals surface area (Å²) in [6.07, 6.45) is -0.0442. The van der Waals surface area contributed by atoms with E-state index in [-0.39, 0.29) is 29.8 Å². The first-order valence-electron chi connectivity index (χ1n) is 6.90. The third-order valence-corrected chi connectivity index (χ3v) is 3.37. The number of hydrogen-bond donors (Lipinski definition) is 1. The Hall–Kier alpha value is -2.89. The summed E-state index contributed by atoms with van der Waals surface area (Å²) < 4.78 is 13.8. The Morgan fingerprint density at radius 3 is 2.52 bits per heavy atom. The third-order valence-electron chi connectivity index (χ3n) is 3.37. The predicted octanol–water partition coefficient (Wildman–Crippen LogP) is 2.92. The molecule has 0 aliphatic carbocycles. The fourth-order valence-corrected chi connectivity index (χ4v) is 2.27. The molecule has 0 aromatic heterocycles. The zero-order chi connectivity index (χ0) is 17.0. The van der Waals surface area contributed by atoms with Gasteiger partial charge in [-0.1, -0.05) is 18.2 Å². The van der Waals surface area contributed by atoms with Crippen molar-refractivity contribution in [3.63, 3.8) is 0 Å². The van der Waals surface area contributed by atoms with Crippen LogP contribution < -0.4 is 0 Å². The molecule has 2 aromatic rings. The number of hydrogen-bond acceptors (Lipinski definition) is 3. The van der Waals surface area contributed by atoms with Crippen molar-refractivity contribution >= 4 is 17.4 Å². The molecule has 0 amide bonds. The number of ketones is 1. The van der Waals surface area contributed by atoms with Crippen molar-refractivity contribution in [2.75, 3.05) is 7.05 Å². The molecular formula is C17H15FNO4+. The number of aromatic carboxylic acids is 1.